The van der Waals surface area contributed by atoms with E-state index in [-0.39, 0.29) is 12.5 Å². The molecule has 15 heavy (non-hydrogen) atoms. The van der Waals surface area contributed by atoms with Crippen molar-refractivity contribution < 1.29 is 9.90 Å². The van der Waals surface area contributed by atoms with Gasteiger partial charge in [0.15, 0.2) is 0 Å². The first-order chi connectivity index (χ1) is 6.99. The van der Waals surface area contributed by atoms with Crippen LogP contribution in [0.1, 0.15) is 17.3 Å². The standard InChI is InChI=1S/C10H13ClN2O2/c1-6(14)5-13-10(15)7-2-8(11)4-9(12)3-7/h2-4,6,14H,5,12H2,1H3,(H,13,15)/t6-/m0/s1. The number of nitrogens with one attached hydrogen (secondary N) is 1. The number of carbonyl (C=O) groups is 1. The molecule has 0 aromatic heterocycles. The molecule has 0 saturated heterocycles. The molecule has 0 aliphatic carbocycles. The van der Waals surface area contributed by atoms with Crippen LogP contribution in [0.2, 0.25) is 5.02 Å². The van der Waals surface area contributed by atoms with Crippen molar-refractivity contribution in [2.45, 2.75) is 13.0 Å². The predicted molar refractivity (Wildman–Crippen MR) is 59.9 cm³/mol. The molecule has 0 aliphatic heterocycles. The van der Waals surface area contributed by atoms with E-state index in [9.17, 15) is 4.79 Å². The number of nitrogens with two attached hydrogens (primary N) is 1. The summed E-state index contributed by atoms with van der Waals surface area (Å²) in [4.78, 5) is 11.5. The molecule has 5 heteroatoms. The Morgan fingerprint density at radius 2 is 2.27 bits per heavy atom. The lowest BCUT2D eigenvalue weighted by Gasteiger charge is -2.07. The number of amides is 1. The number of nitrogen functional groups attached to an aromatic ring is 1. The van der Waals surface area contributed by atoms with Gasteiger partial charge in [-0.25, -0.2) is 0 Å². The van der Waals surface area contributed by atoms with Crippen LogP contribution in [0.4, 0.5) is 5.69 Å². The second kappa shape index (κ2) is 5.00. The Labute approximate surface area is 93.0 Å². The number of benzene rings is 1. The van der Waals surface area contributed by atoms with Crippen LogP contribution < -0.4 is 11.1 Å². The number of rotatable bonds is 3. The topological polar surface area (TPSA) is 75.3 Å². The third kappa shape index (κ3) is 3.77. The fraction of sp³-hybridized carbons (Fsp3) is 0.300. The summed E-state index contributed by atoms with van der Waals surface area (Å²) in [6.07, 6.45) is -0.578. The largest absolute Gasteiger partial charge is 0.399 e. The summed E-state index contributed by atoms with van der Waals surface area (Å²) in [5.74, 6) is -0.301. The Morgan fingerprint density at radius 3 is 2.80 bits per heavy atom. The van der Waals surface area contributed by atoms with Gasteiger partial charge < -0.3 is 16.2 Å². The molecule has 4 N–H and O–H groups in total. The smallest absolute Gasteiger partial charge is 0.251 e. The molecule has 1 rings (SSSR count). The van der Waals surface area contributed by atoms with Gasteiger partial charge in [0.25, 0.3) is 5.91 Å². The fourth-order valence-corrected chi connectivity index (χ4v) is 1.33. The van der Waals surface area contributed by atoms with Gasteiger partial charge in [0, 0.05) is 22.8 Å². The number of halogens is 1. The minimum atomic E-state index is -0.578. The van der Waals surface area contributed by atoms with E-state index in [0.717, 1.165) is 0 Å². The molecule has 1 aromatic rings. The predicted octanol–water partition coefficient (Wildman–Crippen LogP) is 1.03. The van der Waals surface area contributed by atoms with Gasteiger partial charge in [-0.15, -0.1) is 0 Å². The molecule has 0 radical (unpaired) electrons. The molecule has 0 fully saturated rings. The molecule has 0 spiro atoms. The average molecular weight is 229 g/mol. The molecule has 4 nitrogen and oxygen atoms in total. The van der Waals surface area contributed by atoms with Crippen molar-refractivity contribution in [3.63, 3.8) is 0 Å². The van der Waals surface area contributed by atoms with Gasteiger partial charge in [0.05, 0.1) is 6.10 Å². The zero-order valence-electron chi connectivity index (χ0n) is 8.33. The maximum absolute atomic E-state index is 11.5. The first-order valence-corrected chi connectivity index (χ1v) is 4.89. The highest BCUT2D eigenvalue weighted by atomic mass is 35.5. The van der Waals surface area contributed by atoms with Crippen LogP contribution in [-0.4, -0.2) is 23.7 Å². The highest BCUT2D eigenvalue weighted by Gasteiger charge is 2.07. The number of aliphatic hydroxyl groups excluding tert-OH is 1. The average Bonchev–Trinajstić information content (AvgIpc) is 2.12. The third-order valence-electron chi connectivity index (χ3n) is 1.74. The Bertz CT molecular complexity index is 346. The van der Waals surface area contributed by atoms with Crippen LogP contribution >= 0.6 is 11.6 Å². The highest BCUT2D eigenvalue weighted by molar-refractivity contribution is 6.31. The number of aliphatic hydroxyl groups is 1. The minimum absolute atomic E-state index is 0.200. The zero-order valence-corrected chi connectivity index (χ0v) is 9.08. The van der Waals surface area contributed by atoms with Crippen molar-refractivity contribution >= 4 is 23.2 Å². The maximum atomic E-state index is 11.5. The molecule has 0 aliphatic rings. The van der Waals surface area contributed by atoms with Gasteiger partial charge in [-0.3, -0.25) is 4.79 Å². The second-order valence-corrected chi connectivity index (χ2v) is 3.77. The van der Waals surface area contributed by atoms with E-state index in [1.807, 2.05) is 0 Å². The van der Waals surface area contributed by atoms with Crippen LogP contribution in [0.3, 0.4) is 0 Å². The Hall–Kier alpha value is -1.26. The summed E-state index contributed by atoms with van der Waals surface area (Å²) in [5, 5.41) is 12.0. The van der Waals surface area contributed by atoms with Crippen molar-refractivity contribution in [2.75, 3.05) is 12.3 Å². The molecule has 0 saturated carbocycles. The molecule has 1 amide bonds. The summed E-state index contributed by atoms with van der Waals surface area (Å²) >= 11 is 5.75. The van der Waals surface area contributed by atoms with Crippen molar-refractivity contribution in [1.29, 1.82) is 0 Å². The maximum Gasteiger partial charge on any atom is 0.251 e. The molecule has 1 aromatic carbocycles. The number of anilines is 1. The first-order valence-electron chi connectivity index (χ1n) is 4.51. The van der Waals surface area contributed by atoms with Crippen LogP contribution in [0.5, 0.6) is 0 Å². The van der Waals surface area contributed by atoms with E-state index in [0.29, 0.717) is 16.3 Å². The SMILES string of the molecule is C[C@H](O)CNC(=O)c1cc(N)cc(Cl)c1. The Balaban J connectivity index is 2.73. The molecular formula is C10H13ClN2O2. The number of carbonyl (C=O) groups excluding carboxylic acids is 1. The van der Waals surface area contributed by atoms with E-state index < -0.39 is 6.10 Å². The van der Waals surface area contributed by atoms with E-state index in [2.05, 4.69) is 5.32 Å². The molecule has 82 valence electrons. The van der Waals surface area contributed by atoms with Crippen molar-refractivity contribution in [2.24, 2.45) is 0 Å². The summed E-state index contributed by atoms with van der Waals surface area (Å²) in [5.41, 5.74) is 6.36. The third-order valence-corrected chi connectivity index (χ3v) is 1.96. The van der Waals surface area contributed by atoms with E-state index in [1.54, 1.807) is 13.0 Å². The molecule has 0 unspecified atom stereocenters. The zero-order chi connectivity index (χ0) is 11.4. The number of hydrogen-bond donors (Lipinski definition) is 3. The Kier molecular flexibility index (Phi) is 3.94. The normalized spacial score (nSPS) is 12.2. The van der Waals surface area contributed by atoms with Gasteiger partial charge in [-0.05, 0) is 25.1 Å². The number of hydrogen-bond acceptors (Lipinski definition) is 3. The Morgan fingerprint density at radius 1 is 1.60 bits per heavy atom. The monoisotopic (exact) mass is 228 g/mol. The van der Waals surface area contributed by atoms with Crippen LogP contribution in [0, 0.1) is 0 Å². The second-order valence-electron chi connectivity index (χ2n) is 3.33. The minimum Gasteiger partial charge on any atom is -0.399 e. The molecule has 0 bridgehead atoms. The lowest BCUT2D eigenvalue weighted by atomic mass is 10.2. The van der Waals surface area contributed by atoms with Gasteiger partial charge in [-0.2, -0.15) is 0 Å². The summed E-state index contributed by atoms with van der Waals surface area (Å²) < 4.78 is 0. The van der Waals surface area contributed by atoms with Gasteiger partial charge in [0.1, 0.15) is 0 Å². The first kappa shape index (κ1) is 11.8. The lowest BCUT2D eigenvalue weighted by molar-refractivity contribution is 0.0924. The lowest BCUT2D eigenvalue weighted by Crippen LogP contribution is -2.30. The highest BCUT2D eigenvalue weighted by Crippen LogP contribution is 2.16. The van der Waals surface area contributed by atoms with Gasteiger partial charge in [0.2, 0.25) is 0 Å². The summed E-state index contributed by atoms with van der Waals surface area (Å²) in [7, 11) is 0. The van der Waals surface area contributed by atoms with Crippen LogP contribution in [0.15, 0.2) is 18.2 Å². The van der Waals surface area contributed by atoms with E-state index in [1.165, 1.54) is 12.1 Å². The van der Waals surface area contributed by atoms with E-state index >= 15 is 0 Å². The quantitative estimate of drug-likeness (QED) is 0.677. The summed E-state index contributed by atoms with van der Waals surface area (Å²) in [6, 6.07) is 4.62. The molecule has 1 atom stereocenters. The van der Waals surface area contributed by atoms with Crippen LogP contribution in [0.25, 0.3) is 0 Å². The van der Waals surface area contributed by atoms with E-state index in [4.69, 9.17) is 22.4 Å². The van der Waals surface area contributed by atoms with Gasteiger partial charge >= 0.3 is 0 Å². The fourth-order valence-electron chi connectivity index (χ4n) is 1.09. The van der Waals surface area contributed by atoms with Crippen LogP contribution in [-0.2, 0) is 0 Å². The van der Waals surface area contributed by atoms with Crippen molar-refractivity contribution in [3.8, 4) is 0 Å². The molecular weight excluding hydrogens is 216 g/mol. The van der Waals surface area contributed by atoms with Crippen molar-refractivity contribution in [1.82, 2.24) is 5.32 Å². The molecule has 0 heterocycles. The van der Waals surface area contributed by atoms with Gasteiger partial charge in [-0.1, -0.05) is 11.6 Å². The summed E-state index contributed by atoms with van der Waals surface area (Å²) in [6.45, 7) is 1.79. The van der Waals surface area contributed by atoms with Crippen molar-refractivity contribution in [3.05, 3.63) is 28.8 Å².